The fourth-order valence-corrected chi connectivity index (χ4v) is 4.99. The van der Waals surface area contributed by atoms with Crippen LogP contribution in [0.3, 0.4) is 0 Å². The summed E-state index contributed by atoms with van der Waals surface area (Å²) in [5, 5.41) is 0.736. The van der Waals surface area contributed by atoms with Crippen molar-refractivity contribution in [2.24, 2.45) is 5.92 Å². The number of para-hydroxylation sites is 1. The lowest BCUT2D eigenvalue weighted by molar-refractivity contribution is -0.147. The molecule has 0 spiro atoms. The predicted octanol–water partition coefficient (Wildman–Crippen LogP) is 7.64. The van der Waals surface area contributed by atoms with Crippen molar-refractivity contribution in [3.63, 3.8) is 0 Å². The van der Waals surface area contributed by atoms with Gasteiger partial charge >= 0.3 is 18.2 Å². The van der Waals surface area contributed by atoms with Crippen LogP contribution in [0.1, 0.15) is 61.8 Å². The van der Waals surface area contributed by atoms with Gasteiger partial charge < -0.3 is 9.47 Å². The lowest BCUT2D eigenvalue weighted by Crippen LogP contribution is -2.23. The second-order valence-electron chi connectivity index (χ2n) is 8.81. The second-order valence-corrected chi connectivity index (χ2v) is 9.67. The number of carbonyl (C=O) groups excluding carboxylic acids is 2. The summed E-state index contributed by atoms with van der Waals surface area (Å²) >= 11 is 1.60. The number of ether oxygens (including phenoxy) is 2. The molecule has 9 heteroatoms. The summed E-state index contributed by atoms with van der Waals surface area (Å²) in [6.45, 7) is 5.83. The van der Waals surface area contributed by atoms with Crippen LogP contribution < -0.4 is 0 Å². The number of fused-ring (bicyclic) bond motifs is 1. The van der Waals surface area contributed by atoms with Gasteiger partial charge in [0.05, 0.1) is 30.2 Å². The Morgan fingerprint density at radius 1 is 1.05 bits per heavy atom. The monoisotopic (exact) mass is 535 g/mol. The number of rotatable bonds is 10. The Labute approximate surface area is 219 Å². The van der Waals surface area contributed by atoms with Crippen molar-refractivity contribution in [3.05, 3.63) is 70.9 Å². The Kier molecular flexibility index (Phi) is 9.70. The number of unbranched alkanes of at least 4 members (excludes halogenated alkanes) is 1. The molecule has 0 fully saturated rings. The number of esters is 1. The molecule has 1 aromatic heterocycles. The van der Waals surface area contributed by atoms with Gasteiger partial charge in [-0.25, -0.2) is 4.79 Å². The normalized spacial score (nSPS) is 13.4. The third-order valence-corrected chi connectivity index (χ3v) is 6.85. The smallest absolute Gasteiger partial charge is 0.418 e. The minimum Gasteiger partial charge on any atom is -0.466 e. The van der Waals surface area contributed by atoms with Crippen LogP contribution in [0.4, 0.5) is 18.0 Å². The van der Waals surface area contributed by atoms with Crippen LogP contribution in [0.25, 0.3) is 10.9 Å². The molecule has 0 N–H and O–H groups in total. The first-order valence-electron chi connectivity index (χ1n) is 12.3. The Morgan fingerprint density at radius 2 is 1.76 bits per heavy atom. The number of hydrogen-bond donors (Lipinski definition) is 0. The van der Waals surface area contributed by atoms with E-state index in [1.807, 2.05) is 31.4 Å². The van der Waals surface area contributed by atoms with Gasteiger partial charge in [0.2, 0.25) is 0 Å². The van der Waals surface area contributed by atoms with E-state index in [4.69, 9.17) is 9.47 Å². The highest BCUT2D eigenvalue weighted by atomic mass is 32.2. The molecule has 0 bridgehead atoms. The number of halogens is 3. The van der Waals surface area contributed by atoms with Crippen molar-refractivity contribution >= 4 is 34.7 Å². The summed E-state index contributed by atoms with van der Waals surface area (Å²) in [5.74, 6) is -1.21. The predicted molar refractivity (Wildman–Crippen MR) is 140 cm³/mol. The van der Waals surface area contributed by atoms with Crippen LogP contribution in [0, 0.1) is 5.92 Å². The Hall–Kier alpha value is -2.94. The summed E-state index contributed by atoms with van der Waals surface area (Å²) in [6.07, 6.45) is 0.194. The molecule has 0 aliphatic carbocycles. The van der Waals surface area contributed by atoms with Crippen molar-refractivity contribution in [2.75, 3.05) is 19.5 Å². The van der Waals surface area contributed by atoms with Gasteiger partial charge in [-0.1, -0.05) is 50.6 Å². The van der Waals surface area contributed by atoms with Crippen molar-refractivity contribution in [1.82, 2.24) is 4.57 Å². The van der Waals surface area contributed by atoms with E-state index in [1.54, 1.807) is 31.8 Å². The van der Waals surface area contributed by atoms with Crippen molar-refractivity contribution in [2.45, 2.75) is 51.5 Å². The number of thioether (sulfide) groups is 1. The lowest BCUT2D eigenvalue weighted by Gasteiger charge is -2.23. The van der Waals surface area contributed by atoms with Gasteiger partial charge in [-0.2, -0.15) is 24.9 Å². The highest BCUT2D eigenvalue weighted by Gasteiger charge is 2.34. The SMILES string of the molecule is CCCCOC(=O)n1cc(C(c2ccc(C(F)(F)F)cc2)C(C)C(=O)OCC)c2cccc(CSC)c21. The maximum atomic E-state index is 13.2. The molecule has 0 saturated carbocycles. The van der Waals surface area contributed by atoms with Crippen LogP contribution in [0.15, 0.2) is 48.7 Å². The zero-order valence-electron chi connectivity index (χ0n) is 21.4. The molecule has 0 radical (unpaired) electrons. The van der Waals surface area contributed by atoms with Crippen LogP contribution in [-0.4, -0.2) is 36.1 Å². The highest BCUT2D eigenvalue weighted by Crippen LogP contribution is 2.40. The molecule has 0 aliphatic heterocycles. The highest BCUT2D eigenvalue weighted by molar-refractivity contribution is 7.97. The van der Waals surface area contributed by atoms with Gasteiger partial charge in [0.25, 0.3) is 0 Å². The molecule has 2 aromatic carbocycles. The summed E-state index contributed by atoms with van der Waals surface area (Å²) in [6, 6.07) is 10.5. The fraction of sp³-hybridized carbons (Fsp3) is 0.429. The Bertz CT molecular complexity index is 1220. The third-order valence-electron chi connectivity index (χ3n) is 6.25. The van der Waals surface area contributed by atoms with E-state index in [9.17, 15) is 22.8 Å². The number of hydrogen-bond acceptors (Lipinski definition) is 5. The topological polar surface area (TPSA) is 57.5 Å². The van der Waals surface area contributed by atoms with E-state index in [0.29, 0.717) is 22.4 Å². The van der Waals surface area contributed by atoms with Crippen molar-refractivity contribution < 1.29 is 32.2 Å². The molecule has 5 nitrogen and oxygen atoms in total. The first-order valence-corrected chi connectivity index (χ1v) is 13.7. The Morgan fingerprint density at radius 3 is 2.35 bits per heavy atom. The van der Waals surface area contributed by atoms with Crippen LogP contribution in [0.5, 0.6) is 0 Å². The van der Waals surface area contributed by atoms with Crippen molar-refractivity contribution in [1.29, 1.82) is 0 Å². The molecule has 2 unspecified atom stereocenters. The maximum Gasteiger partial charge on any atom is 0.418 e. The van der Waals surface area contributed by atoms with E-state index in [2.05, 4.69) is 0 Å². The second kappa shape index (κ2) is 12.5. The molecule has 0 amide bonds. The summed E-state index contributed by atoms with van der Waals surface area (Å²) < 4.78 is 52.0. The molecule has 0 aliphatic rings. The fourth-order valence-electron chi connectivity index (χ4n) is 4.45. The molecular formula is C28H32F3NO4S. The zero-order chi connectivity index (χ0) is 27.2. The molecule has 2 atom stereocenters. The first-order chi connectivity index (χ1) is 17.6. The van der Waals surface area contributed by atoms with Gasteiger partial charge in [-0.15, -0.1) is 0 Å². The van der Waals surface area contributed by atoms with Crippen LogP contribution >= 0.6 is 11.8 Å². The van der Waals surface area contributed by atoms with Gasteiger partial charge in [-0.3, -0.25) is 9.36 Å². The minimum atomic E-state index is -4.48. The molecule has 1 heterocycles. The van der Waals surface area contributed by atoms with Crippen LogP contribution in [0.2, 0.25) is 0 Å². The van der Waals surface area contributed by atoms with Gasteiger partial charge in [0.15, 0.2) is 0 Å². The maximum absolute atomic E-state index is 13.2. The molecule has 3 rings (SSSR count). The standard InChI is InChI=1S/C28H32F3NO4S/c1-5-7-15-36-27(34)32-16-23(22-10-8-9-20(17-37-4)25(22)32)24(18(3)26(33)35-6-2)19-11-13-21(14-12-19)28(29,30)31/h8-14,16,18,24H,5-7,15,17H2,1-4H3. The largest absolute Gasteiger partial charge is 0.466 e. The lowest BCUT2D eigenvalue weighted by atomic mass is 9.81. The van der Waals surface area contributed by atoms with E-state index >= 15 is 0 Å². The van der Waals surface area contributed by atoms with E-state index in [0.717, 1.165) is 35.9 Å². The van der Waals surface area contributed by atoms with Crippen molar-refractivity contribution in [3.8, 4) is 0 Å². The molecule has 3 aromatic rings. The molecular weight excluding hydrogens is 503 g/mol. The number of nitrogens with zero attached hydrogens (tertiary/aromatic N) is 1. The van der Waals surface area contributed by atoms with Gasteiger partial charge in [0, 0.05) is 23.3 Å². The van der Waals surface area contributed by atoms with E-state index in [-0.39, 0.29) is 13.2 Å². The minimum absolute atomic E-state index is 0.173. The number of aromatic nitrogens is 1. The Balaban J connectivity index is 2.23. The molecule has 37 heavy (non-hydrogen) atoms. The average Bonchev–Trinajstić information content (AvgIpc) is 3.25. The summed E-state index contributed by atoms with van der Waals surface area (Å²) in [5.41, 5.74) is 1.97. The van der Waals surface area contributed by atoms with E-state index in [1.165, 1.54) is 16.7 Å². The number of alkyl halides is 3. The summed E-state index contributed by atoms with van der Waals surface area (Å²) in [7, 11) is 0. The average molecular weight is 536 g/mol. The first kappa shape index (κ1) is 28.6. The summed E-state index contributed by atoms with van der Waals surface area (Å²) in [4.78, 5) is 26.0. The quantitative estimate of drug-likeness (QED) is 0.197. The van der Waals surface area contributed by atoms with E-state index < -0.39 is 35.6 Å². The van der Waals surface area contributed by atoms with Gasteiger partial charge in [0.1, 0.15) is 0 Å². The van der Waals surface area contributed by atoms with Crippen LogP contribution in [-0.2, 0) is 26.2 Å². The third kappa shape index (κ3) is 6.50. The molecule has 0 saturated heterocycles. The molecule has 200 valence electrons. The van der Waals surface area contributed by atoms with Gasteiger partial charge in [-0.05, 0) is 48.4 Å². The number of carbonyl (C=O) groups is 2. The number of benzene rings is 2. The zero-order valence-corrected chi connectivity index (χ0v) is 22.2.